The summed E-state index contributed by atoms with van der Waals surface area (Å²) in [7, 11) is 1.26. The minimum Gasteiger partial charge on any atom is -0.468 e. The fraction of sp³-hybridized carbons (Fsp3) is 0.300. The maximum Gasteiger partial charge on any atom is 0.387 e. The number of halogens is 2. The van der Waals surface area contributed by atoms with Gasteiger partial charge in [-0.25, -0.2) is 0 Å². The Bertz CT molecular complexity index is 778. The summed E-state index contributed by atoms with van der Waals surface area (Å²) in [4.78, 5) is 25.8. The summed E-state index contributed by atoms with van der Waals surface area (Å²) < 4.78 is 33.4. The van der Waals surface area contributed by atoms with E-state index in [0.717, 1.165) is 11.1 Å². The summed E-state index contributed by atoms with van der Waals surface area (Å²) in [5, 5.41) is 0. The van der Waals surface area contributed by atoms with Gasteiger partial charge in [-0.05, 0) is 35.7 Å². The van der Waals surface area contributed by atoms with Crippen molar-refractivity contribution in [3.8, 4) is 5.75 Å². The number of aryl methyl sites for hydroxylation is 1. The zero-order valence-corrected chi connectivity index (χ0v) is 15.2. The van der Waals surface area contributed by atoms with Gasteiger partial charge in [0.25, 0.3) is 0 Å². The zero-order valence-electron chi connectivity index (χ0n) is 15.2. The van der Waals surface area contributed by atoms with Crippen molar-refractivity contribution in [1.82, 2.24) is 4.90 Å². The maximum atomic E-state index is 12.7. The molecule has 0 aliphatic rings. The SMILES string of the molecule is COC(=O)CN(Cc1ccccc1C)C(=O)Cc1ccc(OC(F)F)cc1. The molecule has 0 N–H and O–H groups in total. The molecule has 27 heavy (non-hydrogen) atoms. The van der Waals surface area contributed by atoms with Gasteiger partial charge >= 0.3 is 12.6 Å². The summed E-state index contributed by atoms with van der Waals surface area (Å²) in [6, 6.07) is 13.4. The van der Waals surface area contributed by atoms with Crippen LogP contribution in [-0.2, 0) is 27.3 Å². The van der Waals surface area contributed by atoms with Crippen LogP contribution in [0.5, 0.6) is 5.75 Å². The number of rotatable bonds is 8. The first kappa shape index (κ1) is 20.4. The number of methoxy groups -OCH3 is 1. The number of carbonyl (C=O) groups excluding carboxylic acids is 2. The van der Waals surface area contributed by atoms with Gasteiger partial charge in [0.15, 0.2) is 0 Å². The molecule has 7 heteroatoms. The van der Waals surface area contributed by atoms with Crippen LogP contribution in [0, 0.1) is 6.92 Å². The van der Waals surface area contributed by atoms with E-state index >= 15 is 0 Å². The summed E-state index contributed by atoms with van der Waals surface area (Å²) >= 11 is 0. The third-order valence-corrected chi connectivity index (χ3v) is 4.03. The number of hydrogen-bond acceptors (Lipinski definition) is 4. The van der Waals surface area contributed by atoms with Gasteiger partial charge in [-0.15, -0.1) is 0 Å². The van der Waals surface area contributed by atoms with Crippen LogP contribution in [0.25, 0.3) is 0 Å². The summed E-state index contributed by atoms with van der Waals surface area (Å²) in [6.45, 7) is -0.872. The van der Waals surface area contributed by atoms with Gasteiger partial charge in [-0.3, -0.25) is 9.59 Å². The molecule has 2 rings (SSSR count). The van der Waals surface area contributed by atoms with Crippen molar-refractivity contribution in [2.24, 2.45) is 0 Å². The van der Waals surface area contributed by atoms with Gasteiger partial charge in [0.05, 0.1) is 13.5 Å². The van der Waals surface area contributed by atoms with E-state index in [1.165, 1.54) is 24.1 Å². The van der Waals surface area contributed by atoms with E-state index < -0.39 is 12.6 Å². The van der Waals surface area contributed by atoms with E-state index in [2.05, 4.69) is 9.47 Å². The van der Waals surface area contributed by atoms with Gasteiger partial charge in [-0.1, -0.05) is 36.4 Å². The molecule has 0 radical (unpaired) electrons. The number of carbonyl (C=O) groups is 2. The van der Waals surface area contributed by atoms with Crippen LogP contribution in [0.2, 0.25) is 0 Å². The fourth-order valence-electron chi connectivity index (χ4n) is 2.52. The van der Waals surface area contributed by atoms with Gasteiger partial charge in [0.1, 0.15) is 12.3 Å². The molecule has 0 spiro atoms. The van der Waals surface area contributed by atoms with E-state index in [0.29, 0.717) is 5.56 Å². The van der Waals surface area contributed by atoms with Crippen molar-refractivity contribution in [3.05, 3.63) is 65.2 Å². The Balaban J connectivity index is 2.10. The van der Waals surface area contributed by atoms with Crippen LogP contribution in [0.15, 0.2) is 48.5 Å². The number of amides is 1. The highest BCUT2D eigenvalue weighted by atomic mass is 19.3. The first-order chi connectivity index (χ1) is 12.9. The zero-order chi connectivity index (χ0) is 19.8. The van der Waals surface area contributed by atoms with Crippen LogP contribution in [0.1, 0.15) is 16.7 Å². The number of esters is 1. The average Bonchev–Trinajstić information content (AvgIpc) is 2.63. The molecule has 144 valence electrons. The van der Waals surface area contributed by atoms with Crippen LogP contribution < -0.4 is 4.74 Å². The predicted molar refractivity (Wildman–Crippen MR) is 95.4 cm³/mol. The molecule has 1 amide bonds. The lowest BCUT2D eigenvalue weighted by atomic mass is 10.1. The van der Waals surface area contributed by atoms with E-state index in [1.807, 2.05) is 31.2 Å². The van der Waals surface area contributed by atoms with Crippen LogP contribution in [0.4, 0.5) is 8.78 Å². The highest BCUT2D eigenvalue weighted by Crippen LogP contribution is 2.17. The monoisotopic (exact) mass is 377 g/mol. The first-order valence-electron chi connectivity index (χ1n) is 8.32. The normalized spacial score (nSPS) is 10.6. The number of hydrogen-bond donors (Lipinski definition) is 0. The second-order valence-corrected chi connectivity index (χ2v) is 5.95. The van der Waals surface area contributed by atoms with Crippen molar-refractivity contribution in [2.75, 3.05) is 13.7 Å². The lowest BCUT2D eigenvalue weighted by Crippen LogP contribution is -2.36. The second-order valence-electron chi connectivity index (χ2n) is 5.95. The fourth-order valence-corrected chi connectivity index (χ4v) is 2.52. The quantitative estimate of drug-likeness (QED) is 0.662. The third kappa shape index (κ3) is 6.36. The maximum absolute atomic E-state index is 12.7. The highest BCUT2D eigenvalue weighted by Gasteiger charge is 2.19. The van der Waals surface area contributed by atoms with E-state index in [1.54, 1.807) is 12.1 Å². The molecule has 0 aromatic heterocycles. The van der Waals surface area contributed by atoms with Gasteiger partial charge in [0.2, 0.25) is 5.91 Å². The molecule has 0 unspecified atom stereocenters. The van der Waals surface area contributed by atoms with Gasteiger partial charge in [-0.2, -0.15) is 8.78 Å². The van der Waals surface area contributed by atoms with Crippen molar-refractivity contribution >= 4 is 11.9 Å². The van der Waals surface area contributed by atoms with E-state index in [9.17, 15) is 18.4 Å². The number of benzene rings is 2. The predicted octanol–water partition coefficient (Wildman–Crippen LogP) is 3.34. The molecule has 0 fully saturated rings. The summed E-state index contributed by atoms with van der Waals surface area (Å²) in [5.41, 5.74) is 2.56. The Kier molecular flexibility index (Phi) is 7.28. The lowest BCUT2D eigenvalue weighted by molar-refractivity contribution is -0.147. The van der Waals surface area contributed by atoms with Crippen LogP contribution >= 0.6 is 0 Å². The van der Waals surface area contributed by atoms with Crippen molar-refractivity contribution < 1.29 is 27.8 Å². The molecular formula is C20H21F2NO4. The van der Waals surface area contributed by atoms with Crippen LogP contribution in [-0.4, -0.2) is 37.0 Å². The molecule has 0 heterocycles. The number of alkyl halides is 2. The number of nitrogens with zero attached hydrogens (tertiary/aromatic N) is 1. The minimum atomic E-state index is -2.90. The molecule has 0 bridgehead atoms. The largest absolute Gasteiger partial charge is 0.468 e. The standard InChI is InChI=1S/C20H21F2NO4/c1-14-5-3-4-6-16(14)12-23(13-19(25)26-2)18(24)11-15-7-9-17(10-8-15)27-20(21)22/h3-10,20H,11-13H2,1-2H3. The molecule has 0 aliphatic carbocycles. The lowest BCUT2D eigenvalue weighted by Gasteiger charge is -2.22. The molecule has 0 aliphatic heterocycles. The summed E-state index contributed by atoms with van der Waals surface area (Å²) in [5.74, 6) is -0.767. The molecular weight excluding hydrogens is 356 g/mol. The smallest absolute Gasteiger partial charge is 0.387 e. The molecule has 0 saturated heterocycles. The van der Waals surface area contributed by atoms with Crippen molar-refractivity contribution in [3.63, 3.8) is 0 Å². The van der Waals surface area contributed by atoms with E-state index in [4.69, 9.17) is 0 Å². The van der Waals surface area contributed by atoms with Crippen molar-refractivity contribution in [1.29, 1.82) is 0 Å². The average molecular weight is 377 g/mol. The van der Waals surface area contributed by atoms with E-state index in [-0.39, 0.29) is 31.2 Å². The third-order valence-electron chi connectivity index (χ3n) is 4.03. The Morgan fingerprint density at radius 2 is 1.74 bits per heavy atom. The minimum absolute atomic E-state index is 0.0209. The Morgan fingerprint density at radius 1 is 1.07 bits per heavy atom. The molecule has 0 saturated carbocycles. The Labute approximate surface area is 156 Å². The Hall–Kier alpha value is -2.96. The second kappa shape index (κ2) is 9.66. The molecule has 5 nitrogen and oxygen atoms in total. The van der Waals surface area contributed by atoms with Crippen molar-refractivity contribution in [2.45, 2.75) is 26.5 Å². The van der Waals surface area contributed by atoms with Gasteiger partial charge < -0.3 is 14.4 Å². The highest BCUT2D eigenvalue weighted by molar-refractivity contribution is 5.83. The molecule has 0 atom stereocenters. The molecule has 2 aromatic carbocycles. The topological polar surface area (TPSA) is 55.8 Å². The summed E-state index contributed by atoms with van der Waals surface area (Å²) in [6.07, 6.45) is 0.0256. The Morgan fingerprint density at radius 3 is 2.33 bits per heavy atom. The van der Waals surface area contributed by atoms with Gasteiger partial charge in [0, 0.05) is 6.54 Å². The number of ether oxygens (including phenoxy) is 2. The van der Waals surface area contributed by atoms with Crippen LogP contribution in [0.3, 0.4) is 0 Å². The molecule has 2 aromatic rings. The first-order valence-corrected chi connectivity index (χ1v) is 8.32.